The van der Waals surface area contributed by atoms with Crippen LogP contribution in [0.15, 0.2) is 11.8 Å². The van der Waals surface area contributed by atoms with Crippen LogP contribution in [0.3, 0.4) is 0 Å². The van der Waals surface area contributed by atoms with Gasteiger partial charge in [0.1, 0.15) is 0 Å². The predicted octanol–water partition coefficient (Wildman–Crippen LogP) is 1.63. The molecular formula is C9H14O3. The molecule has 0 spiro atoms. The second-order valence-corrected chi connectivity index (χ2v) is 2.67. The Labute approximate surface area is 72.4 Å². The topological polar surface area (TPSA) is 35.5 Å². The fourth-order valence-electron chi connectivity index (χ4n) is 1.13. The fourth-order valence-corrected chi connectivity index (χ4v) is 1.13. The maximum absolute atomic E-state index is 11.1. The lowest BCUT2D eigenvalue weighted by Gasteiger charge is -2.13. The van der Waals surface area contributed by atoms with Gasteiger partial charge in [0.05, 0.1) is 0 Å². The molecule has 1 aliphatic carbocycles. The molecule has 0 heterocycles. The number of hydrogen-bond donors (Lipinski definition) is 0. The van der Waals surface area contributed by atoms with Gasteiger partial charge in [0.25, 0.3) is 0 Å². The highest BCUT2D eigenvalue weighted by molar-refractivity contribution is 5.95. The molecule has 0 amide bonds. The van der Waals surface area contributed by atoms with Crippen LogP contribution in [0.5, 0.6) is 0 Å². The van der Waals surface area contributed by atoms with Crippen LogP contribution in [0.2, 0.25) is 0 Å². The molecule has 1 atom stereocenters. The van der Waals surface area contributed by atoms with E-state index in [1.165, 1.54) is 0 Å². The standard InChI is InChI=1S/C9H14O3/c1-3-11-7(2)12-9-6-4-5-8(9)10/h6-7H,3-5H2,1-2H3/t7-/m1/s1. The van der Waals surface area contributed by atoms with Gasteiger partial charge in [0.2, 0.25) is 0 Å². The van der Waals surface area contributed by atoms with Crippen molar-refractivity contribution in [2.75, 3.05) is 6.61 Å². The molecule has 68 valence electrons. The Kier molecular flexibility index (Phi) is 3.29. The molecule has 0 radical (unpaired) electrons. The van der Waals surface area contributed by atoms with E-state index >= 15 is 0 Å². The Morgan fingerprint density at radius 1 is 1.67 bits per heavy atom. The van der Waals surface area contributed by atoms with Crippen molar-refractivity contribution in [1.29, 1.82) is 0 Å². The molecule has 1 rings (SSSR count). The van der Waals surface area contributed by atoms with Crippen LogP contribution in [0.25, 0.3) is 0 Å². The fraction of sp³-hybridized carbons (Fsp3) is 0.667. The van der Waals surface area contributed by atoms with Gasteiger partial charge in [-0.1, -0.05) is 0 Å². The second-order valence-electron chi connectivity index (χ2n) is 2.67. The van der Waals surface area contributed by atoms with E-state index in [1.54, 1.807) is 6.92 Å². The maximum Gasteiger partial charge on any atom is 0.197 e. The second kappa shape index (κ2) is 4.26. The lowest BCUT2D eigenvalue weighted by Crippen LogP contribution is -2.14. The maximum atomic E-state index is 11.1. The monoisotopic (exact) mass is 170 g/mol. The Morgan fingerprint density at radius 2 is 2.42 bits per heavy atom. The lowest BCUT2D eigenvalue weighted by molar-refractivity contribution is -0.130. The average molecular weight is 170 g/mol. The first-order valence-electron chi connectivity index (χ1n) is 4.25. The minimum atomic E-state index is -0.316. The number of ether oxygens (including phenoxy) is 2. The number of Topliss-reactive ketones (excluding diaryl/α,β-unsaturated/α-hetero) is 1. The smallest absolute Gasteiger partial charge is 0.197 e. The minimum Gasteiger partial charge on any atom is -0.462 e. The highest BCUT2D eigenvalue weighted by atomic mass is 16.7. The van der Waals surface area contributed by atoms with Gasteiger partial charge in [-0.25, -0.2) is 0 Å². The Balaban J connectivity index is 2.35. The molecule has 0 aromatic carbocycles. The molecule has 0 bridgehead atoms. The third-order valence-corrected chi connectivity index (χ3v) is 1.67. The Bertz CT molecular complexity index is 196. The normalized spacial score (nSPS) is 19.2. The largest absolute Gasteiger partial charge is 0.462 e. The van der Waals surface area contributed by atoms with E-state index in [0.29, 0.717) is 18.8 Å². The molecule has 0 fully saturated rings. The molecule has 0 saturated heterocycles. The van der Waals surface area contributed by atoms with Crippen molar-refractivity contribution in [2.24, 2.45) is 0 Å². The Hall–Kier alpha value is -0.830. The van der Waals surface area contributed by atoms with Crippen LogP contribution in [0, 0.1) is 0 Å². The summed E-state index contributed by atoms with van der Waals surface area (Å²) in [5.41, 5.74) is 0. The van der Waals surface area contributed by atoms with Crippen LogP contribution in [-0.2, 0) is 14.3 Å². The highest BCUT2D eigenvalue weighted by Crippen LogP contribution is 2.16. The van der Waals surface area contributed by atoms with Crippen LogP contribution >= 0.6 is 0 Å². The summed E-state index contributed by atoms with van der Waals surface area (Å²) in [6.07, 6.45) is 2.88. The number of rotatable bonds is 4. The first-order valence-corrected chi connectivity index (χ1v) is 4.25. The van der Waals surface area contributed by atoms with Gasteiger partial charge in [-0.2, -0.15) is 0 Å². The van der Waals surface area contributed by atoms with Crippen molar-refractivity contribution in [3.63, 3.8) is 0 Å². The number of carbonyl (C=O) groups excluding carboxylic acids is 1. The molecular weight excluding hydrogens is 156 g/mol. The number of hydrogen-bond acceptors (Lipinski definition) is 3. The van der Waals surface area contributed by atoms with Gasteiger partial charge in [-0.05, 0) is 26.3 Å². The van der Waals surface area contributed by atoms with Crippen molar-refractivity contribution in [1.82, 2.24) is 0 Å². The minimum absolute atomic E-state index is 0.0848. The van der Waals surface area contributed by atoms with E-state index < -0.39 is 0 Å². The molecule has 0 N–H and O–H groups in total. The van der Waals surface area contributed by atoms with E-state index in [2.05, 4.69) is 0 Å². The summed E-state index contributed by atoms with van der Waals surface area (Å²) in [7, 11) is 0. The zero-order valence-corrected chi connectivity index (χ0v) is 7.50. The predicted molar refractivity (Wildman–Crippen MR) is 44.5 cm³/mol. The molecule has 0 aliphatic heterocycles. The number of ketones is 1. The van der Waals surface area contributed by atoms with Crippen molar-refractivity contribution in [3.05, 3.63) is 11.8 Å². The van der Waals surface area contributed by atoms with Crippen molar-refractivity contribution < 1.29 is 14.3 Å². The molecule has 0 aromatic rings. The van der Waals surface area contributed by atoms with E-state index in [-0.39, 0.29) is 12.1 Å². The van der Waals surface area contributed by atoms with Gasteiger partial charge in [-0.15, -0.1) is 0 Å². The van der Waals surface area contributed by atoms with Crippen LogP contribution in [0.4, 0.5) is 0 Å². The summed E-state index contributed by atoms with van der Waals surface area (Å²) in [6.45, 7) is 4.28. The third-order valence-electron chi connectivity index (χ3n) is 1.67. The van der Waals surface area contributed by atoms with E-state index in [4.69, 9.17) is 9.47 Å². The number of allylic oxidation sites excluding steroid dienone is 2. The van der Waals surface area contributed by atoms with Crippen molar-refractivity contribution in [2.45, 2.75) is 33.0 Å². The molecule has 1 aliphatic rings. The zero-order valence-electron chi connectivity index (χ0n) is 7.50. The van der Waals surface area contributed by atoms with Crippen LogP contribution in [0.1, 0.15) is 26.7 Å². The van der Waals surface area contributed by atoms with Gasteiger partial charge >= 0.3 is 0 Å². The molecule has 0 saturated carbocycles. The molecule has 3 heteroatoms. The van der Waals surface area contributed by atoms with E-state index in [1.807, 2.05) is 13.0 Å². The first kappa shape index (κ1) is 9.26. The summed E-state index contributed by atoms with van der Waals surface area (Å²) in [5.74, 6) is 0.553. The number of carbonyl (C=O) groups is 1. The van der Waals surface area contributed by atoms with E-state index in [9.17, 15) is 4.79 Å². The summed E-state index contributed by atoms with van der Waals surface area (Å²) < 4.78 is 10.4. The average Bonchev–Trinajstić information content (AvgIpc) is 2.37. The third kappa shape index (κ3) is 2.34. The van der Waals surface area contributed by atoms with Crippen molar-refractivity contribution in [3.8, 4) is 0 Å². The van der Waals surface area contributed by atoms with Gasteiger partial charge in [0.15, 0.2) is 17.8 Å². The summed E-state index contributed by atoms with van der Waals surface area (Å²) in [5, 5.41) is 0. The summed E-state index contributed by atoms with van der Waals surface area (Å²) in [4.78, 5) is 11.1. The molecule has 3 nitrogen and oxygen atoms in total. The summed E-state index contributed by atoms with van der Waals surface area (Å²) >= 11 is 0. The highest BCUT2D eigenvalue weighted by Gasteiger charge is 2.18. The van der Waals surface area contributed by atoms with Crippen LogP contribution in [-0.4, -0.2) is 18.7 Å². The molecule has 0 aromatic heterocycles. The lowest BCUT2D eigenvalue weighted by atomic mass is 10.3. The zero-order chi connectivity index (χ0) is 8.97. The van der Waals surface area contributed by atoms with Crippen LogP contribution < -0.4 is 0 Å². The van der Waals surface area contributed by atoms with Gasteiger partial charge in [0, 0.05) is 13.0 Å². The van der Waals surface area contributed by atoms with Gasteiger partial charge in [-0.3, -0.25) is 4.79 Å². The first-order chi connectivity index (χ1) is 5.74. The summed E-state index contributed by atoms with van der Waals surface area (Å²) in [6, 6.07) is 0. The quantitative estimate of drug-likeness (QED) is 0.601. The molecule has 0 unspecified atom stereocenters. The van der Waals surface area contributed by atoms with Crippen molar-refractivity contribution >= 4 is 5.78 Å². The van der Waals surface area contributed by atoms with Gasteiger partial charge < -0.3 is 9.47 Å². The Morgan fingerprint density at radius 3 is 2.92 bits per heavy atom. The molecule has 12 heavy (non-hydrogen) atoms. The van der Waals surface area contributed by atoms with E-state index in [0.717, 1.165) is 6.42 Å². The SMILES string of the molecule is CCO[C@@H](C)OC1=CCCC1=O.